The number of rotatable bonds is 8. The molecule has 2 aromatic rings. The number of hydrogen-bond donors (Lipinski definition) is 2. The zero-order valence-electron chi connectivity index (χ0n) is 15.9. The minimum Gasteiger partial charge on any atom is -0.497 e. The Bertz CT molecular complexity index is 718. The molecule has 0 unspecified atom stereocenters. The first-order valence-electron chi connectivity index (χ1n) is 8.46. The molecule has 2 N–H and O–H groups in total. The molecule has 0 bridgehead atoms. The highest BCUT2D eigenvalue weighted by atomic mass is 127. The van der Waals surface area contributed by atoms with Gasteiger partial charge in [-0.2, -0.15) is 0 Å². The fourth-order valence-corrected chi connectivity index (χ4v) is 2.19. The van der Waals surface area contributed by atoms with Crippen LogP contribution in [0, 0.1) is 0 Å². The van der Waals surface area contributed by atoms with Gasteiger partial charge in [0.2, 0.25) is 5.91 Å². The highest BCUT2D eigenvalue weighted by Gasteiger charge is 2.06. The second-order valence-corrected chi connectivity index (χ2v) is 5.91. The van der Waals surface area contributed by atoms with Crippen molar-refractivity contribution in [2.24, 2.45) is 4.99 Å². The van der Waals surface area contributed by atoms with E-state index in [4.69, 9.17) is 9.15 Å². The third-order valence-electron chi connectivity index (χ3n) is 3.70. The molecule has 7 nitrogen and oxygen atoms in total. The fraction of sp³-hybridized carbons (Fsp3) is 0.368. The Morgan fingerprint density at radius 1 is 1.22 bits per heavy atom. The lowest BCUT2D eigenvalue weighted by atomic mass is 10.2. The molecule has 0 fully saturated rings. The summed E-state index contributed by atoms with van der Waals surface area (Å²) in [6, 6.07) is 11.5. The smallest absolute Gasteiger partial charge is 0.241 e. The number of methoxy groups -OCH3 is 1. The maximum absolute atomic E-state index is 11.8. The molecular weight excluding hydrogens is 459 g/mol. The molecule has 1 aromatic heterocycles. The SMILES string of the molecule is COc1cccc(CN=C(NCCc2ccco2)NCC(=O)N(C)C)c1.I. The molecule has 0 saturated carbocycles. The highest BCUT2D eigenvalue weighted by molar-refractivity contribution is 14.0. The van der Waals surface area contributed by atoms with Gasteiger partial charge in [-0.05, 0) is 29.8 Å². The van der Waals surface area contributed by atoms with Crippen LogP contribution >= 0.6 is 24.0 Å². The summed E-state index contributed by atoms with van der Waals surface area (Å²) >= 11 is 0. The molecule has 1 amide bonds. The van der Waals surface area contributed by atoms with Gasteiger partial charge in [0.1, 0.15) is 11.5 Å². The number of aliphatic imine (C=N–C) groups is 1. The third-order valence-corrected chi connectivity index (χ3v) is 3.70. The summed E-state index contributed by atoms with van der Waals surface area (Å²) in [5.74, 6) is 2.25. The predicted molar refractivity (Wildman–Crippen MR) is 117 cm³/mol. The average Bonchev–Trinajstić information content (AvgIpc) is 3.16. The number of amides is 1. The zero-order valence-corrected chi connectivity index (χ0v) is 18.2. The van der Waals surface area contributed by atoms with Gasteiger partial charge in [0.05, 0.1) is 26.5 Å². The Hall–Kier alpha value is -2.23. The number of likely N-dealkylation sites (N-methyl/N-ethyl adjacent to an activating group) is 1. The molecule has 8 heteroatoms. The summed E-state index contributed by atoms with van der Waals surface area (Å²) in [5, 5.41) is 6.29. The Balaban J connectivity index is 0.00000364. The Labute approximate surface area is 177 Å². The number of nitrogens with one attached hydrogen (secondary N) is 2. The van der Waals surface area contributed by atoms with E-state index in [2.05, 4.69) is 15.6 Å². The summed E-state index contributed by atoms with van der Waals surface area (Å²) in [4.78, 5) is 17.9. The Morgan fingerprint density at radius 2 is 2.04 bits per heavy atom. The van der Waals surface area contributed by atoms with E-state index in [0.29, 0.717) is 19.0 Å². The summed E-state index contributed by atoms with van der Waals surface area (Å²) in [7, 11) is 5.08. The summed E-state index contributed by atoms with van der Waals surface area (Å²) in [5.41, 5.74) is 1.02. The molecule has 1 heterocycles. The number of guanidine groups is 1. The van der Waals surface area contributed by atoms with Gasteiger partial charge < -0.3 is 24.7 Å². The lowest BCUT2D eigenvalue weighted by Gasteiger charge is -2.15. The monoisotopic (exact) mass is 486 g/mol. The number of carbonyl (C=O) groups is 1. The largest absolute Gasteiger partial charge is 0.497 e. The van der Waals surface area contributed by atoms with Crippen molar-refractivity contribution < 1.29 is 13.9 Å². The van der Waals surface area contributed by atoms with E-state index in [1.54, 1.807) is 27.5 Å². The zero-order chi connectivity index (χ0) is 18.8. The third kappa shape index (κ3) is 8.33. The number of carbonyl (C=O) groups excluding carboxylic acids is 1. The fourth-order valence-electron chi connectivity index (χ4n) is 2.19. The molecular formula is C19H27IN4O3. The van der Waals surface area contributed by atoms with Gasteiger partial charge in [-0.3, -0.25) is 4.79 Å². The second kappa shape index (κ2) is 12.2. The van der Waals surface area contributed by atoms with Crippen LogP contribution < -0.4 is 15.4 Å². The molecule has 0 saturated heterocycles. The topological polar surface area (TPSA) is 79.1 Å². The molecule has 0 radical (unpaired) electrons. The molecule has 27 heavy (non-hydrogen) atoms. The molecule has 0 atom stereocenters. The van der Waals surface area contributed by atoms with Crippen LogP contribution in [0.3, 0.4) is 0 Å². The van der Waals surface area contributed by atoms with Crippen molar-refractivity contribution in [1.82, 2.24) is 15.5 Å². The van der Waals surface area contributed by atoms with Crippen molar-refractivity contribution in [2.45, 2.75) is 13.0 Å². The molecule has 148 valence electrons. The van der Waals surface area contributed by atoms with Crippen molar-refractivity contribution in [3.05, 3.63) is 54.0 Å². The molecule has 0 aliphatic rings. The normalized spacial score (nSPS) is 10.7. The van der Waals surface area contributed by atoms with Crippen molar-refractivity contribution in [1.29, 1.82) is 0 Å². The van der Waals surface area contributed by atoms with Gasteiger partial charge in [-0.1, -0.05) is 12.1 Å². The standard InChI is InChI=1S/C19H26N4O3.HI/c1-23(2)18(24)14-22-19(20-10-9-16-8-5-11-26-16)21-13-15-6-4-7-17(12-15)25-3;/h4-8,11-12H,9-10,13-14H2,1-3H3,(H2,20,21,22);1H. The minimum absolute atomic E-state index is 0. The summed E-state index contributed by atoms with van der Waals surface area (Å²) in [6.07, 6.45) is 2.38. The number of nitrogens with zero attached hydrogens (tertiary/aromatic N) is 2. The lowest BCUT2D eigenvalue weighted by Crippen LogP contribution is -2.43. The highest BCUT2D eigenvalue weighted by Crippen LogP contribution is 2.13. The molecule has 1 aromatic carbocycles. The van der Waals surface area contributed by atoms with E-state index in [0.717, 1.165) is 23.5 Å². The number of benzene rings is 1. The number of halogens is 1. The number of furan rings is 1. The van der Waals surface area contributed by atoms with Crippen LogP contribution in [0.15, 0.2) is 52.1 Å². The maximum Gasteiger partial charge on any atom is 0.241 e. The molecule has 0 spiro atoms. The van der Waals surface area contributed by atoms with Gasteiger partial charge in [0, 0.05) is 27.1 Å². The van der Waals surface area contributed by atoms with Gasteiger partial charge in [0.15, 0.2) is 5.96 Å². The Morgan fingerprint density at radius 3 is 2.70 bits per heavy atom. The maximum atomic E-state index is 11.8. The van der Waals surface area contributed by atoms with E-state index < -0.39 is 0 Å². The first kappa shape index (κ1) is 22.8. The van der Waals surface area contributed by atoms with Crippen LogP contribution in [-0.2, 0) is 17.8 Å². The van der Waals surface area contributed by atoms with Crippen molar-refractivity contribution >= 4 is 35.8 Å². The van der Waals surface area contributed by atoms with Crippen molar-refractivity contribution in [3.8, 4) is 5.75 Å². The quantitative estimate of drug-likeness (QED) is 0.340. The van der Waals surface area contributed by atoms with Crippen molar-refractivity contribution in [3.63, 3.8) is 0 Å². The lowest BCUT2D eigenvalue weighted by molar-refractivity contribution is -0.127. The van der Waals surface area contributed by atoms with Crippen LogP contribution in [0.25, 0.3) is 0 Å². The Kier molecular flexibility index (Phi) is 10.3. The van der Waals surface area contributed by atoms with E-state index in [-0.39, 0.29) is 36.4 Å². The van der Waals surface area contributed by atoms with E-state index in [1.165, 1.54) is 4.90 Å². The van der Waals surface area contributed by atoms with Gasteiger partial charge >= 0.3 is 0 Å². The number of ether oxygens (including phenoxy) is 1. The summed E-state index contributed by atoms with van der Waals surface area (Å²) in [6.45, 7) is 1.30. The molecule has 2 rings (SSSR count). The van der Waals surface area contributed by atoms with Gasteiger partial charge in [-0.15, -0.1) is 24.0 Å². The van der Waals surface area contributed by atoms with Gasteiger partial charge in [0.25, 0.3) is 0 Å². The van der Waals surface area contributed by atoms with Crippen LogP contribution in [0.5, 0.6) is 5.75 Å². The van der Waals surface area contributed by atoms with E-state index >= 15 is 0 Å². The first-order chi connectivity index (χ1) is 12.6. The van der Waals surface area contributed by atoms with Crippen LogP contribution in [0.2, 0.25) is 0 Å². The van der Waals surface area contributed by atoms with Crippen LogP contribution in [-0.4, -0.2) is 51.1 Å². The molecule has 0 aliphatic heterocycles. The van der Waals surface area contributed by atoms with Crippen molar-refractivity contribution in [2.75, 3.05) is 34.3 Å². The van der Waals surface area contributed by atoms with Crippen LogP contribution in [0.1, 0.15) is 11.3 Å². The van der Waals surface area contributed by atoms with E-state index in [9.17, 15) is 4.79 Å². The first-order valence-corrected chi connectivity index (χ1v) is 8.46. The summed E-state index contributed by atoms with van der Waals surface area (Å²) < 4.78 is 10.6. The molecule has 0 aliphatic carbocycles. The second-order valence-electron chi connectivity index (χ2n) is 5.91. The van der Waals surface area contributed by atoms with Crippen LogP contribution in [0.4, 0.5) is 0 Å². The minimum atomic E-state index is -0.0214. The predicted octanol–water partition coefficient (Wildman–Crippen LogP) is 2.27. The average molecular weight is 486 g/mol. The number of hydrogen-bond acceptors (Lipinski definition) is 4. The van der Waals surface area contributed by atoms with E-state index in [1.807, 2.05) is 36.4 Å². The van der Waals surface area contributed by atoms with Gasteiger partial charge in [-0.25, -0.2) is 4.99 Å².